The minimum atomic E-state index is -0.292. The van der Waals surface area contributed by atoms with E-state index in [2.05, 4.69) is 15.3 Å². The average molecular weight is 245 g/mol. The first-order chi connectivity index (χ1) is 8.72. The average Bonchev–Trinajstić information content (AvgIpc) is 2.38. The van der Waals surface area contributed by atoms with Gasteiger partial charge in [0.1, 0.15) is 0 Å². The molecule has 18 heavy (non-hydrogen) atoms. The van der Waals surface area contributed by atoms with Crippen LogP contribution in [-0.4, -0.2) is 17.1 Å². The maximum atomic E-state index is 11.5. The number of rotatable bonds is 4. The Morgan fingerprint density at radius 2 is 2.17 bits per heavy atom. The quantitative estimate of drug-likeness (QED) is 0.860. The summed E-state index contributed by atoms with van der Waals surface area (Å²) in [5.74, 6) is 0.649. The highest BCUT2D eigenvalue weighted by Gasteiger charge is 2.08. The fourth-order valence-corrected chi connectivity index (χ4v) is 1.69. The highest BCUT2D eigenvalue weighted by atomic mass is 16.5. The van der Waals surface area contributed by atoms with Gasteiger partial charge in [-0.15, -0.1) is 0 Å². The van der Waals surface area contributed by atoms with Crippen LogP contribution in [0.5, 0.6) is 5.75 Å². The van der Waals surface area contributed by atoms with E-state index in [1.165, 1.54) is 19.0 Å². The number of nitrogens with one attached hydrogen (secondary N) is 2. The first kappa shape index (κ1) is 12.2. The predicted octanol–water partition coefficient (Wildman–Crippen LogP) is 1.70. The van der Waals surface area contributed by atoms with Crippen LogP contribution < -0.4 is 15.6 Å². The van der Waals surface area contributed by atoms with Gasteiger partial charge in [0.15, 0.2) is 5.82 Å². The number of aromatic nitrogens is 2. The molecule has 0 fully saturated rings. The van der Waals surface area contributed by atoms with Gasteiger partial charge in [0.25, 0.3) is 5.56 Å². The molecule has 0 unspecified atom stereocenters. The van der Waals surface area contributed by atoms with Crippen LogP contribution in [0.25, 0.3) is 0 Å². The van der Waals surface area contributed by atoms with Gasteiger partial charge in [-0.2, -0.15) is 0 Å². The van der Waals surface area contributed by atoms with E-state index in [1.54, 1.807) is 0 Å². The lowest BCUT2D eigenvalue weighted by molar-refractivity contribution is 0.408. The summed E-state index contributed by atoms with van der Waals surface area (Å²) < 4.78 is 5.03. The van der Waals surface area contributed by atoms with Gasteiger partial charge in [0.2, 0.25) is 5.75 Å². The van der Waals surface area contributed by atoms with Crippen molar-refractivity contribution in [3.63, 3.8) is 0 Å². The van der Waals surface area contributed by atoms with E-state index in [1.807, 2.05) is 31.2 Å². The van der Waals surface area contributed by atoms with Crippen molar-refractivity contribution in [1.29, 1.82) is 0 Å². The Kier molecular flexibility index (Phi) is 3.62. The summed E-state index contributed by atoms with van der Waals surface area (Å²) >= 11 is 0. The summed E-state index contributed by atoms with van der Waals surface area (Å²) in [6.07, 6.45) is 1.35. The standard InChI is InChI=1S/C13H15N3O2/c1-9-5-3-4-6-10(9)7-14-12-11(18-2)13(17)16-8-15-12/h3-6,8H,7H2,1-2H3,(H2,14,15,16,17). The van der Waals surface area contributed by atoms with Crippen molar-refractivity contribution >= 4 is 5.82 Å². The topological polar surface area (TPSA) is 67.0 Å². The smallest absolute Gasteiger partial charge is 0.295 e. The van der Waals surface area contributed by atoms with Crippen LogP contribution in [0, 0.1) is 6.92 Å². The Labute approximate surface area is 105 Å². The zero-order chi connectivity index (χ0) is 13.0. The lowest BCUT2D eigenvalue weighted by atomic mass is 10.1. The lowest BCUT2D eigenvalue weighted by Crippen LogP contribution is -2.14. The molecule has 2 rings (SSSR count). The first-order valence-electron chi connectivity index (χ1n) is 5.62. The summed E-state index contributed by atoms with van der Waals surface area (Å²) in [6.45, 7) is 2.64. The molecule has 0 amide bonds. The second kappa shape index (κ2) is 5.35. The number of ether oxygens (including phenoxy) is 1. The number of hydrogen-bond donors (Lipinski definition) is 2. The highest BCUT2D eigenvalue weighted by molar-refractivity contribution is 5.48. The van der Waals surface area contributed by atoms with Crippen LogP contribution in [-0.2, 0) is 6.54 Å². The Morgan fingerprint density at radius 3 is 2.89 bits per heavy atom. The van der Waals surface area contributed by atoms with Crippen molar-refractivity contribution in [3.8, 4) is 5.75 Å². The van der Waals surface area contributed by atoms with Crippen molar-refractivity contribution in [1.82, 2.24) is 9.97 Å². The van der Waals surface area contributed by atoms with E-state index in [9.17, 15) is 4.79 Å². The molecule has 0 aliphatic heterocycles. The third-order valence-electron chi connectivity index (χ3n) is 2.72. The molecule has 0 bridgehead atoms. The Bertz CT molecular complexity index is 593. The molecule has 5 heteroatoms. The molecular weight excluding hydrogens is 230 g/mol. The van der Waals surface area contributed by atoms with E-state index in [4.69, 9.17) is 4.74 Å². The van der Waals surface area contributed by atoms with Gasteiger partial charge in [-0.05, 0) is 18.1 Å². The molecule has 2 aromatic rings. The van der Waals surface area contributed by atoms with Crippen LogP contribution in [0.2, 0.25) is 0 Å². The monoisotopic (exact) mass is 245 g/mol. The normalized spacial score (nSPS) is 10.1. The van der Waals surface area contributed by atoms with Gasteiger partial charge in [-0.1, -0.05) is 24.3 Å². The summed E-state index contributed by atoms with van der Waals surface area (Å²) in [7, 11) is 1.45. The second-order valence-electron chi connectivity index (χ2n) is 3.89. The minimum absolute atomic E-state index is 0.200. The number of methoxy groups -OCH3 is 1. The van der Waals surface area contributed by atoms with Crippen molar-refractivity contribution < 1.29 is 4.74 Å². The van der Waals surface area contributed by atoms with E-state index >= 15 is 0 Å². The van der Waals surface area contributed by atoms with Crippen LogP contribution >= 0.6 is 0 Å². The maximum Gasteiger partial charge on any atom is 0.295 e. The van der Waals surface area contributed by atoms with E-state index in [0.717, 1.165) is 5.56 Å². The molecule has 0 radical (unpaired) electrons. The molecule has 0 aliphatic carbocycles. The SMILES string of the molecule is COc1c(NCc2ccccc2C)nc[nH]c1=O. The molecule has 1 heterocycles. The summed E-state index contributed by atoms with van der Waals surface area (Å²) in [5, 5.41) is 3.11. The van der Waals surface area contributed by atoms with Gasteiger partial charge >= 0.3 is 0 Å². The number of nitrogens with zero attached hydrogens (tertiary/aromatic N) is 1. The lowest BCUT2D eigenvalue weighted by Gasteiger charge is -2.10. The summed E-state index contributed by atoms with van der Waals surface area (Å²) in [6, 6.07) is 8.04. The molecular formula is C13H15N3O2. The molecule has 0 saturated heterocycles. The van der Waals surface area contributed by atoms with Crippen molar-refractivity contribution in [2.24, 2.45) is 0 Å². The molecule has 0 saturated carbocycles. The summed E-state index contributed by atoms with van der Waals surface area (Å²) in [5.41, 5.74) is 2.05. The number of aromatic amines is 1. The van der Waals surface area contributed by atoms with Crippen LogP contribution in [0.3, 0.4) is 0 Å². The zero-order valence-electron chi connectivity index (χ0n) is 10.4. The predicted molar refractivity (Wildman–Crippen MR) is 69.9 cm³/mol. The Hall–Kier alpha value is -2.30. The van der Waals surface area contributed by atoms with Gasteiger partial charge in [-0.3, -0.25) is 4.79 Å². The first-order valence-corrected chi connectivity index (χ1v) is 5.62. The zero-order valence-corrected chi connectivity index (χ0v) is 10.4. The van der Waals surface area contributed by atoms with Crippen molar-refractivity contribution in [2.75, 3.05) is 12.4 Å². The fraction of sp³-hybridized carbons (Fsp3) is 0.231. The van der Waals surface area contributed by atoms with E-state index < -0.39 is 0 Å². The van der Waals surface area contributed by atoms with Crippen LogP contribution in [0.15, 0.2) is 35.4 Å². The Morgan fingerprint density at radius 1 is 1.39 bits per heavy atom. The molecule has 0 spiro atoms. The molecule has 1 aromatic heterocycles. The summed E-state index contributed by atoms with van der Waals surface area (Å²) in [4.78, 5) is 18.0. The van der Waals surface area contributed by atoms with Crippen molar-refractivity contribution in [2.45, 2.75) is 13.5 Å². The fourth-order valence-electron chi connectivity index (χ4n) is 1.69. The van der Waals surface area contributed by atoms with Crippen molar-refractivity contribution in [3.05, 3.63) is 52.1 Å². The number of hydrogen-bond acceptors (Lipinski definition) is 4. The Balaban J connectivity index is 2.19. The number of aryl methyl sites for hydroxylation is 1. The van der Waals surface area contributed by atoms with E-state index in [-0.39, 0.29) is 11.3 Å². The third-order valence-corrected chi connectivity index (χ3v) is 2.72. The third kappa shape index (κ3) is 2.51. The molecule has 94 valence electrons. The van der Waals surface area contributed by atoms with E-state index in [0.29, 0.717) is 12.4 Å². The molecule has 2 N–H and O–H groups in total. The minimum Gasteiger partial charge on any atom is -0.489 e. The second-order valence-corrected chi connectivity index (χ2v) is 3.89. The van der Waals surface area contributed by atoms with Gasteiger partial charge in [-0.25, -0.2) is 4.98 Å². The molecule has 0 atom stereocenters. The largest absolute Gasteiger partial charge is 0.489 e. The molecule has 0 aliphatic rings. The molecule has 1 aromatic carbocycles. The number of anilines is 1. The molecule has 5 nitrogen and oxygen atoms in total. The highest BCUT2D eigenvalue weighted by Crippen LogP contribution is 2.16. The van der Waals surface area contributed by atoms with Gasteiger partial charge < -0.3 is 15.0 Å². The number of H-pyrrole nitrogens is 1. The number of benzene rings is 1. The van der Waals surface area contributed by atoms with Crippen LogP contribution in [0.4, 0.5) is 5.82 Å². The van der Waals surface area contributed by atoms with Crippen LogP contribution in [0.1, 0.15) is 11.1 Å². The van der Waals surface area contributed by atoms with Gasteiger partial charge in [0, 0.05) is 6.54 Å². The van der Waals surface area contributed by atoms with Gasteiger partial charge in [0.05, 0.1) is 13.4 Å². The maximum absolute atomic E-state index is 11.5.